The van der Waals surface area contributed by atoms with Crippen LogP contribution >= 0.6 is 0 Å². The number of pyridine rings is 1. The van der Waals surface area contributed by atoms with E-state index in [4.69, 9.17) is 4.98 Å². The molecule has 1 atom stereocenters. The molecule has 5 heteroatoms. The zero-order chi connectivity index (χ0) is 15.6. The van der Waals surface area contributed by atoms with E-state index in [1.54, 1.807) is 0 Å². The van der Waals surface area contributed by atoms with Gasteiger partial charge in [-0.05, 0) is 70.4 Å². The van der Waals surface area contributed by atoms with Crippen molar-refractivity contribution in [3.63, 3.8) is 0 Å². The van der Waals surface area contributed by atoms with Crippen LogP contribution < -0.4 is 5.32 Å². The fraction of sp³-hybridized carbons (Fsp3) is 0.667. The van der Waals surface area contributed by atoms with Crippen molar-refractivity contribution in [3.05, 3.63) is 24.2 Å². The molecule has 2 aliphatic rings. The summed E-state index contributed by atoms with van der Waals surface area (Å²) in [4.78, 5) is 12.2. The number of nitrogens with one attached hydrogen (secondary N) is 1. The third-order valence-electron chi connectivity index (χ3n) is 5.47. The maximum Gasteiger partial charge on any atom is 0.161 e. The number of hydrogen-bond donors (Lipinski definition) is 1. The standard InChI is InChI=1S/C18H27N5/c1-2-22-12-8-14(9-13-22)17-21-15-6-5-11-20-18(15)23(17)16-7-3-4-10-19-16/h5-6,11,14,16,19H,2-4,7-10,12-13H2,1H3. The second-order valence-corrected chi connectivity index (χ2v) is 6.86. The summed E-state index contributed by atoms with van der Waals surface area (Å²) in [6.45, 7) is 6.90. The normalized spacial score (nSPS) is 24.3. The van der Waals surface area contributed by atoms with Crippen LogP contribution in [0.3, 0.4) is 0 Å². The summed E-state index contributed by atoms with van der Waals surface area (Å²) in [6.07, 6.45) is 8.44. The minimum atomic E-state index is 0.364. The number of aromatic nitrogens is 3. The first-order chi connectivity index (χ1) is 11.4. The third-order valence-corrected chi connectivity index (χ3v) is 5.47. The Kier molecular flexibility index (Phi) is 4.31. The van der Waals surface area contributed by atoms with Gasteiger partial charge in [-0.2, -0.15) is 0 Å². The van der Waals surface area contributed by atoms with Crippen molar-refractivity contribution in [1.29, 1.82) is 0 Å². The van der Waals surface area contributed by atoms with Gasteiger partial charge in [0.2, 0.25) is 0 Å². The first kappa shape index (κ1) is 15.1. The lowest BCUT2D eigenvalue weighted by molar-refractivity contribution is 0.213. The van der Waals surface area contributed by atoms with Gasteiger partial charge in [-0.1, -0.05) is 6.92 Å². The molecule has 4 rings (SSSR count). The molecule has 0 spiro atoms. The highest BCUT2D eigenvalue weighted by Crippen LogP contribution is 2.33. The average Bonchev–Trinajstić information content (AvgIpc) is 3.02. The first-order valence-corrected chi connectivity index (χ1v) is 9.15. The largest absolute Gasteiger partial charge is 0.304 e. The molecule has 0 aromatic carbocycles. The average molecular weight is 313 g/mol. The van der Waals surface area contributed by atoms with E-state index in [1.807, 2.05) is 12.3 Å². The van der Waals surface area contributed by atoms with Crippen molar-refractivity contribution in [2.45, 2.75) is 51.1 Å². The summed E-state index contributed by atoms with van der Waals surface area (Å²) in [5.74, 6) is 1.82. The summed E-state index contributed by atoms with van der Waals surface area (Å²) in [5.41, 5.74) is 2.10. The molecule has 2 fully saturated rings. The quantitative estimate of drug-likeness (QED) is 0.946. The highest BCUT2D eigenvalue weighted by molar-refractivity contribution is 5.71. The molecule has 0 aliphatic carbocycles. The molecule has 2 aromatic heterocycles. The highest BCUT2D eigenvalue weighted by Gasteiger charge is 2.28. The zero-order valence-electron chi connectivity index (χ0n) is 14.0. The summed E-state index contributed by atoms with van der Waals surface area (Å²) >= 11 is 0. The van der Waals surface area contributed by atoms with Gasteiger partial charge in [0.1, 0.15) is 11.3 Å². The van der Waals surface area contributed by atoms with Gasteiger partial charge >= 0.3 is 0 Å². The highest BCUT2D eigenvalue weighted by atomic mass is 15.3. The molecular formula is C18H27N5. The van der Waals surface area contributed by atoms with Crippen molar-refractivity contribution < 1.29 is 0 Å². The van der Waals surface area contributed by atoms with E-state index in [0.717, 1.165) is 24.3 Å². The SMILES string of the molecule is CCN1CCC(c2nc3cccnc3n2C2CCCCN2)CC1. The number of rotatable bonds is 3. The van der Waals surface area contributed by atoms with Crippen LogP contribution in [0.1, 0.15) is 56.9 Å². The van der Waals surface area contributed by atoms with Crippen LogP contribution in [0.15, 0.2) is 18.3 Å². The molecule has 2 aromatic rings. The summed E-state index contributed by atoms with van der Waals surface area (Å²) in [7, 11) is 0. The Morgan fingerprint density at radius 1 is 1.22 bits per heavy atom. The predicted molar refractivity (Wildman–Crippen MR) is 92.5 cm³/mol. The lowest BCUT2D eigenvalue weighted by atomic mass is 9.95. The van der Waals surface area contributed by atoms with Gasteiger partial charge in [0.05, 0.1) is 6.17 Å². The molecular weight excluding hydrogens is 286 g/mol. The Bertz CT molecular complexity index is 650. The van der Waals surface area contributed by atoms with E-state index in [2.05, 4.69) is 32.8 Å². The Morgan fingerprint density at radius 2 is 2.09 bits per heavy atom. The molecule has 1 N–H and O–H groups in total. The third kappa shape index (κ3) is 2.88. The van der Waals surface area contributed by atoms with Crippen molar-refractivity contribution >= 4 is 11.2 Å². The Labute approximate surface area is 138 Å². The van der Waals surface area contributed by atoms with Crippen LogP contribution in [0.2, 0.25) is 0 Å². The van der Waals surface area contributed by atoms with Crippen LogP contribution in [-0.4, -0.2) is 45.6 Å². The molecule has 23 heavy (non-hydrogen) atoms. The van der Waals surface area contributed by atoms with Crippen LogP contribution in [0.4, 0.5) is 0 Å². The van der Waals surface area contributed by atoms with Crippen LogP contribution in [0, 0.1) is 0 Å². The van der Waals surface area contributed by atoms with Gasteiger partial charge < -0.3 is 4.90 Å². The Morgan fingerprint density at radius 3 is 2.83 bits per heavy atom. The predicted octanol–water partition coefficient (Wildman–Crippen LogP) is 2.90. The Balaban J connectivity index is 1.70. The fourth-order valence-electron chi connectivity index (χ4n) is 4.10. The molecule has 2 aliphatic heterocycles. The van der Waals surface area contributed by atoms with Gasteiger partial charge in [-0.15, -0.1) is 0 Å². The van der Waals surface area contributed by atoms with Crippen molar-refractivity contribution in [2.24, 2.45) is 0 Å². The zero-order valence-corrected chi connectivity index (χ0v) is 14.0. The smallest absolute Gasteiger partial charge is 0.161 e. The second-order valence-electron chi connectivity index (χ2n) is 6.86. The van der Waals surface area contributed by atoms with E-state index < -0.39 is 0 Å². The van der Waals surface area contributed by atoms with E-state index in [0.29, 0.717) is 12.1 Å². The summed E-state index contributed by atoms with van der Waals surface area (Å²) < 4.78 is 2.42. The number of hydrogen-bond acceptors (Lipinski definition) is 4. The molecule has 1 unspecified atom stereocenters. The van der Waals surface area contributed by atoms with E-state index in [1.165, 1.54) is 51.0 Å². The van der Waals surface area contributed by atoms with Crippen molar-refractivity contribution in [3.8, 4) is 0 Å². The van der Waals surface area contributed by atoms with Crippen LogP contribution in [-0.2, 0) is 0 Å². The lowest BCUT2D eigenvalue weighted by Crippen LogP contribution is -2.36. The Hall–Kier alpha value is -1.46. The fourth-order valence-corrected chi connectivity index (χ4v) is 4.10. The van der Waals surface area contributed by atoms with Gasteiger partial charge in [0.15, 0.2) is 5.65 Å². The van der Waals surface area contributed by atoms with E-state index in [-0.39, 0.29) is 0 Å². The second kappa shape index (κ2) is 6.57. The molecule has 0 amide bonds. The molecule has 124 valence electrons. The number of fused-ring (bicyclic) bond motifs is 1. The monoisotopic (exact) mass is 313 g/mol. The minimum absolute atomic E-state index is 0.364. The van der Waals surface area contributed by atoms with Gasteiger partial charge in [0.25, 0.3) is 0 Å². The maximum absolute atomic E-state index is 5.00. The van der Waals surface area contributed by atoms with E-state index >= 15 is 0 Å². The molecule has 0 saturated carbocycles. The molecule has 0 radical (unpaired) electrons. The maximum atomic E-state index is 5.00. The lowest BCUT2D eigenvalue weighted by Gasteiger charge is -2.33. The van der Waals surface area contributed by atoms with Crippen molar-refractivity contribution in [1.82, 2.24) is 24.8 Å². The van der Waals surface area contributed by atoms with Gasteiger partial charge in [-0.3, -0.25) is 9.88 Å². The molecule has 2 saturated heterocycles. The van der Waals surface area contributed by atoms with Crippen molar-refractivity contribution in [2.75, 3.05) is 26.2 Å². The number of nitrogens with zero attached hydrogens (tertiary/aromatic N) is 4. The van der Waals surface area contributed by atoms with E-state index in [9.17, 15) is 0 Å². The number of piperidine rings is 2. The molecule has 5 nitrogen and oxygen atoms in total. The number of imidazole rings is 1. The molecule has 4 heterocycles. The van der Waals surface area contributed by atoms with Gasteiger partial charge in [0, 0.05) is 12.1 Å². The first-order valence-electron chi connectivity index (χ1n) is 9.15. The van der Waals surface area contributed by atoms with Crippen LogP contribution in [0.5, 0.6) is 0 Å². The molecule has 0 bridgehead atoms. The summed E-state index contributed by atoms with van der Waals surface area (Å²) in [5, 5.41) is 3.69. The number of likely N-dealkylation sites (tertiary alicyclic amines) is 1. The summed E-state index contributed by atoms with van der Waals surface area (Å²) in [6, 6.07) is 4.10. The topological polar surface area (TPSA) is 46.0 Å². The minimum Gasteiger partial charge on any atom is -0.304 e. The van der Waals surface area contributed by atoms with Crippen LogP contribution in [0.25, 0.3) is 11.2 Å². The van der Waals surface area contributed by atoms with Gasteiger partial charge in [-0.25, -0.2) is 9.97 Å².